The summed E-state index contributed by atoms with van der Waals surface area (Å²) < 4.78 is 0. The van der Waals surface area contributed by atoms with Gasteiger partial charge in [-0.25, -0.2) is 0 Å². The summed E-state index contributed by atoms with van der Waals surface area (Å²) in [6.07, 6.45) is 6.14. The van der Waals surface area contributed by atoms with Gasteiger partial charge < -0.3 is 0 Å². The molecule has 0 aliphatic heterocycles. The predicted molar refractivity (Wildman–Crippen MR) is 84.8 cm³/mol. The molecular weight excluding hydrogens is 288 g/mol. The summed E-state index contributed by atoms with van der Waals surface area (Å²) in [4.78, 5) is 23.2. The smallest absolute Gasteiger partial charge is 0.242 e. The van der Waals surface area contributed by atoms with Gasteiger partial charge in [-0.05, 0) is 24.1 Å². The average Bonchev–Trinajstić information content (AvgIpc) is 2.47. The van der Waals surface area contributed by atoms with E-state index in [9.17, 15) is 9.59 Å². The zero-order valence-electron chi connectivity index (χ0n) is 12.5. The minimum Gasteiger partial charge on any atom is -0.273 e. The van der Waals surface area contributed by atoms with Crippen LogP contribution in [-0.2, 0) is 16.0 Å². The molecule has 0 aliphatic carbocycles. The number of carbonyl (C=O) groups excluding carboxylic acids is 2. The Hall–Kier alpha value is -1.55. The summed E-state index contributed by atoms with van der Waals surface area (Å²) in [6.45, 7) is 2.16. The molecule has 0 unspecified atom stereocenters. The molecule has 0 spiro atoms. The number of halogens is 1. The maximum atomic E-state index is 11.7. The summed E-state index contributed by atoms with van der Waals surface area (Å²) in [7, 11) is 0. The van der Waals surface area contributed by atoms with E-state index in [1.165, 1.54) is 12.8 Å². The van der Waals surface area contributed by atoms with Gasteiger partial charge in [-0.1, -0.05) is 56.3 Å². The first-order valence-electron chi connectivity index (χ1n) is 7.44. The SMILES string of the molecule is CCCCCCCC(=O)NNC(=O)Cc1ccc(Cl)cc1. The topological polar surface area (TPSA) is 58.2 Å². The molecule has 0 radical (unpaired) electrons. The van der Waals surface area contributed by atoms with Crippen molar-refractivity contribution in [3.63, 3.8) is 0 Å². The number of hydrazine groups is 1. The number of nitrogens with one attached hydrogen (secondary N) is 2. The summed E-state index contributed by atoms with van der Waals surface area (Å²) in [5, 5.41) is 0.635. The monoisotopic (exact) mass is 310 g/mol. The molecule has 2 N–H and O–H groups in total. The first kappa shape index (κ1) is 17.5. The van der Waals surface area contributed by atoms with Gasteiger partial charge in [0.2, 0.25) is 11.8 Å². The fourth-order valence-electron chi connectivity index (χ4n) is 1.92. The molecule has 21 heavy (non-hydrogen) atoms. The lowest BCUT2D eigenvalue weighted by molar-refractivity contribution is -0.128. The van der Waals surface area contributed by atoms with Gasteiger partial charge in [0, 0.05) is 11.4 Å². The van der Waals surface area contributed by atoms with Gasteiger partial charge in [0.1, 0.15) is 0 Å². The summed E-state index contributed by atoms with van der Waals surface area (Å²) in [5.74, 6) is -0.382. The Labute approximate surface area is 131 Å². The number of benzene rings is 1. The Morgan fingerprint density at radius 3 is 2.24 bits per heavy atom. The number of unbranched alkanes of at least 4 members (excludes halogenated alkanes) is 4. The van der Waals surface area contributed by atoms with Crippen LogP contribution in [0.15, 0.2) is 24.3 Å². The van der Waals surface area contributed by atoms with Crippen molar-refractivity contribution in [2.45, 2.75) is 51.9 Å². The van der Waals surface area contributed by atoms with Crippen LogP contribution in [0, 0.1) is 0 Å². The van der Waals surface area contributed by atoms with Crippen LogP contribution < -0.4 is 10.9 Å². The van der Waals surface area contributed by atoms with Crippen molar-refractivity contribution in [1.82, 2.24) is 10.9 Å². The van der Waals surface area contributed by atoms with Gasteiger partial charge in [0.15, 0.2) is 0 Å². The van der Waals surface area contributed by atoms with Gasteiger partial charge in [-0.3, -0.25) is 20.4 Å². The Kier molecular flexibility index (Phi) is 8.51. The Balaban J connectivity index is 2.14. The van der Waals surface area contributed by atoms with E-state index < -0.39 is 0 Å². The van der Waals surface area contributed by atoms with Gasteiger partial charge in [0.25, 0.3) is 0 Å². The van der Waals surface area contributed by atoms with Gasteiger partial charge >= 0.3 is 0 Å². The lowest BCUT2D eigenvalue weighted by Crippen LogP contribution is -2.42. The largest absolute Gasteiger partial charge is 0.273 e. The Morgan fingerprint density at radius 1 is 0.952 bits per heavy atom. The third-order valence-corrected chi connectivity index (χ3v) is 3.38. The van der Waals surface area contributed by atoms with Crippen molar-refractivity contribution in [1.29, 1.82) is 0 Å². The molecule has 4 nitrogen and oxygen atoms in total. The first-order valence-corrected chi connectivity index (χ1v) is 7.81. The highest BCUT2D eigenvalue weighted by Gasteiger charge is 2.05. The van der Waals surface area contributed by atoms with Crippen molar-refractivity contribution in [3.8, 4) is 0 Å². The lowest BCUT2D eigenvalue weighted by atomic mass is 10.1. The van der Waals surface area contributed by atoms with Crippen molar-refractivity contribution in [3.05, 3.63) is 34.9 Å². The first-order chi connectivity index (χ1) is 10.1. The maximum Gasteiger partial charge on any atom is 0.242 e. The van der Waals surface area contributed by atoms with E-state index in [1.54, 1.807) is 24.3 Å². The molecule has 5 heteroatoms. The fourth-order valence-corrected chi connectivity index (χ4v) is 2.05. The van der Waals surface area contributed by atoms with E-state index in [1.807, 2.05) is 0 Å². The molecule has 1 rings (SSSR count). The molecule has 0 fully saturated rings. The van der Waals surface area contributed by atoms with Gasteiger partial charge in [-0.15, -0.1) is 0 Å². The molecule has 0 aliphatic rings. The van der Waals surface area contributed by atoms with Crippen molar-refractivity contribution in [2.24, 2.45) is 0 Å². The van der Waals surface area contributed by atoms with Crippen LogP contribution in [0.1, 0.15) is 51.0 Å². The van der Waals surface area contributed by atoms with Crippen LogP contribution in [0.3, 0.4) is 0 Å². The van der Waals surface area contributed by atoms with E-state index in [-0.39, 0.29) is 18.2 Å². The predicted octanol–water partition coefficient (Wildman–Crippen LogP) is 3.39. The second-order valence-corrected chi connectivity index (χ2v) is 5.50. The standard InChI is InChI=1S/C16H23ClN2O2/c1-2-3-4-5-6-7-15(20)18-19-16(21)12-13-8-10-14(17)11-9-13/h8-11H,2-7,12H2,1H3,(H,18,20)(H,19,21). The number of rotatable bonds is 8. The number of hydrogen-bond acceptors (Lipinski definition) is 2. The third-order valence-electron chi connectivity index (χ3n) is 3.13. The van der Waals surface area contributed by atoms with E-state index in [4.69, 9.17) is 11.6 Å². The summed E-state index contributed by atoms with van der Waals surface area (Å²) in [5.41, 5.74) is 5.72. The van der Waals surface area contributed by atoms with Crippen LogP contribution in [0.2, 0.25) is 5.02 Å². The highest BCUT2D eigenvalue weighted by molar-refractivity contribution is 6.30. The van der Waals surface area contributed by atoms with Crippen molar-refractivity contribution in [2.75, 3.05) is 0 Å². The van der Waals surface area contributed by atoms with E-state index in [0.29, 0.717) is 11.4 Å². The minimum atomic E-state index is -0.239. The van der Waals surface area contributed by atoms with Crippen LogP contribution >= 0.6 is 11.6 Å². The highest BCUT2D eigenvalue weighted by Crippen LogP contribution is 2.09. The van der Waals surface area contributed by atoms with Crippen LogP contribution in [0.5, 0.6) is 0 Å². The molecule has 0 bridgehead atoms. The normalized spacial score (nSPS) is 10.2. The second kappa shape index (κ2) is 10.2. The van der Waals surface area contributed by atoms with Crippen LogP contribution in [0.4, 0.5) is 0 Å². The Bertz CT molecular complexity index is 446. The van der Waals surface area contributed by atoms with E-state index >= 15 is 0 Å². The molecule has 2 amide bonds. The highest BCUT2D eigenvalue weighted by atomic mass is 35.5. The van der Waals surface area contributed by atoms with Gasteiger partial charge in [-0.2, -0.15) is 0 Å². The molecule has 0 aromatic heterocycles. The number of carbonyl (C=O) groups is 2. The van der Waals surface area contributed by atoms with Crippen molar-refractivity contribution >= 4 is 23.4 Å². The zero-order chi connectivity index (χ0) is 15.5. The van der Waals surface area contributed by atoms with E-state index in [0.717, 1.165) is 24.8 Å². The van der Waals surface area contributed by atoms with Gasteiger partial charge in [0.05, 0.1) is 6.42 Å². The Morgan fingerprint density at radius 2 is 1.57 bits per heavy atom. The quantitative estimate of drug-likeness (QED) is 0.571. The van der Waals surface area contributed by atoms with Crippen molar-refractivity contribution < 1.29 is 9.59 Å². The van der Waals surface area contributed by atoms with E-state index in [2.05, 4.69) is 17.8 Å². The molecule has 0 atom stereocenters. The minimum absolute atomic E-state index is 0.143. The van der Waals surface area contributed by atoms with Crippen LogP contribution in [0.25, 0.3) is 0 Å². The fraction of sp³-hybridized carbons (Fsp3) is 0.500. The molecular formula is C16H23ClN2O2. The molecule has 1 aromatic carbocycles. The second-order valence-electron chi connectivity index (χ2n) is 5.06. The lowest BCUT2D eigenvalue weighted by Gasteiger charge is -2.07. The van der Waals surface area contributed by atoms with Crippen LogP contribution in [-0.4, -0.2) is 11.8 Å². The number of amides is 2. The molecule has 0 heterocycles. The molecule has 0 saturated heterocycles. The number of hydrogen-bond donors (Lipinski definition) is 2. The average molecular weight is 311 g/mol. The maximum absolute atomic E-state index is 11.7. The summed E-state index contributed by atoms with van der Waals surface area (Å²) >= 11 is 5.77. The third kappa shape index (κ3) is 8.35. The summed E-state index contributed by atoms with van der Waals surface area (Å²) in [6, 6.07) is 7.05. The zero-order valence-corrected chi connectivity index (χ0v) is 13.2. The molecule has 116 valence electrons. The molecule has 0 saturated carbocycles. The molecule has 1 aromatic rings.